The third kappa shape index (κ3) is 2.13. The molecule has 1 aromatic rings. The molecule has 0 heterocycles. The lowest BCUT2D eigenvalue weighted by molar-refractivity contribution is -0.100. The number of ether oxygens (including phenoxy) is 2. The number of nitrogens with one attached hydrogen (secondary N) is 1. The van der Waals surface area contributed by atoms with Crippen LogP contribution >= 0.6 is 0 Å². The fourth-order valence-electron chi connectivity index (χ4n) is 3.69. The van der Waals surface area contributed by atoms with E-state index in [9.17, 15) is 0 Å². The van der Waals surface area contributed by atoms with Crippen LogP contribution in [0.5, 0.6) is 5.75 Å². The Morgan fingerprint density at radius 3 is 2.70 bits per heavy atom. The predicted molar refractivity (Wildman–Crippen MR) is 80.2 cm³/mol. The molecule has 0 spiro atoms. The van der Waals surface area contributed by atoms with Crippen LogP contribution in [0.4, 0.5) is 0 Å². The Balaban J connectivity index is 1.73. The maximum Gasteiger partial charge on any atom is 0.119 e. The number of hydrogen-bond donors (Lipinski definition) is 1. The Labute approximate surface area is 121 Å². The second kappa shape index (κ2) is 5.05. The Kier molecular flexibility index (Phi) is 3.51. The van der Waals surface area contributed by atoms with Crippen molar-refractivity contribution in [1.29, 1.82) is 0 Å². The minimum atomic E-state index is 0.219. The molecule has 1 fully saturated rings. The average Bonchev–Trinajstić information content (AvgIpc) is 2.85. The van der Waals surface area contributed by atoms with Crippen LogP contribution in [0, 0.1) is 5.41 Å². The van der Waals surface area contributed by atoms with Gasteiger partial charge in [0.25, 0.3) is 0 Å². The van der Waals surface area contributed by atoms with Gasteiger partial charge in [-0.05, 0) is 42.5 Å². The van der Waals surface area contributed by atoms with Gasteiger partial charge in [0.05, 0.1) is 13.2 Å². The summed E-state index contributed by atoms with van der Waals surface area (Å²) in [6, 6.07) is 7.46. The van der Waals surface area contributed by atoms with Gasteiger partial charge in [-0.2, -0.15) is 0 Å². The summed E-state index contributed by atoms with van der Waals surface area (Å²) in [4.78, 5) is 0. The highest BCUT2D eigenvalue weighted by Gasteiger charge is 2.49. The maximum absolute atomic E-state index is 5.54. The molecule has 1 N–H and O–H groups in total. The second-order valence-corrected chi connectivity index (χ2v) is 6.66. The quantitative estimate of drug-likeness (QED) is 0.916. The van der Waals surface area contributed by atoms with Gasteiger partial charge in [0.15, 0.2) is 0 Å². The summed E-state index contributed by atoms with van der Waals surface area (Å²) in [6.07, 6.45) is 3.84. The Morgan fingerprint density at radius 1 is 1.25 bits per heavy atom. The zero-order valence-corrected chi connectivity index (χ0v) is 12.9. The molecule has 3 nitrogen and oxygen atoms in total. The van der Waals surface area contributed by atoms with Gasteiger partial charge >= 0.3 is 0 Å². The molecular weight excluding hydrogens is 250 g/mol. The number of hydrogen-bond acceptors (Lipinski definition) is 3. The van der Waals surface area contributed by atoms with Crippen LogP contribution in [0.2, 0.25) is 0 Å². The lowest BCUT2D eigenvalue weighted by Crippen LogP contribution is -2.61. The highest BCUT2D eigenvalue weighted by atomic mass is 16.5. The summed E-state index contributed by atoms with van der Waals surface area (Å²) in [5.74, 6) is 0.958. The summed E-state index contributed by atoms with van der Waals surface area (Å²) in [5, 5.41) is 3.84. The van der Waals surface area contributed by atoms with Crippen LogP contribution in [-0.4, -0.2) is 26.4 Å². The molecule has 0 aliphatic heterocycles. The van der Waals surface area contributed by atoms with E-state index in [2.05, 4.69) is 37.4 Å². The lowest BCUT2D eigenvalue weighted by Gasteiger charge is -2.52. The topological polar surface area (TPSA) is 30.5 Å². The van der Waals surface area contributed by atoms with Crippen molar-refractivity contribution in [3.8, 4) is 5.75 Å². The second-order valence-electron chi connectivity index (χ2n) is 6.66. The van der Waals surface area contributed by atoms with Crippen molar-refractivity contribution in [3.63, 3.8) is 0 Å². The van der Waals surface area contributed by atoms with E-state index in [4.69, 9.17) is 9.47 Å². The van der Waals surface area contributed by atoms with Crippen molar-refractivity contribution in [2.75, 3.05) is 14.2 Å². The number of benzene rings is 1. The van der Waals surface area contributed by atoms with Crippen molar-refractivity contribution < 1.29 is 9.47 Å². The fraction of sp³-hybridized carbons (Fsp3) is 0.647. The summed E-state index contributed by atoms with van der Waals surface area (Å²) in [6.45, 7) is 4.59. The predicted octanol–water partition coefficient (Wildman–Crippen LogP) is 3.09. The molecule has 3 heteroatoms. The zero-order valence-electron chi connectivity index (χ0n) is 12.9. The van der Waals surface area contributed by atoms with Gasteiger partial charge in [-0.1, -0.05) is 19.9 Å². The standard InChI is InChI=1S/C17H25NO2/c1-17(2)15(10-16(17)20-4)18-14-8-6-11-5-7-12(19-3)9-13(11)14/h5,7,9,14-16,18H,6,8,10H2,1-4H3. The van der Waals surface area contributed by atoms with Crippen LogP contribution in [0.25, 0.3) is 0 Å². The van der Waals surface area contributed by atoms with Gasteiger partial charge in [-0.15, -0.1) is 0 Å². The summed E-state index contributed by atoms with van der Waals surface area (Å²) in [7, 11) is 3.55. The third-order valence-electron chi connectivity index (χ3n) is 5.30. The molecule has 0 bridgehead atoms. The minimum absolute atomic E-state index is 0.219. The first kappa shape index (κ1) is 13.9. The van der Waals surface area contributed by atoms with E-state index in [1.54, 1.807) is 7.11 Å². The van der Waals surface area contributed by atoms with E-state index in [-0.39, 0.29) is 5.41 Å². The third-order valence-corrected chi connectivity index (χ3v) is 5.30. The molecule has 1 aromatic carbocycles. The van der Waals surface area contributed by atoms with Gasteiger partial charge in [-0.3, -0.25) is 0 Å². The van der Waals surface area contributed by atoms with Crippen LogP contribution < -0.4 is 10.1 Å². The number of aryl methyl sites for hydroxylation is 1. The first-order chi connectivity index (χ1) is 9.56. The normalized spacial score (nSPS) is 30.7. The van der Waals surface area contributed by atoms with E-state index < -0.39 is 0 Å². The molecule has 1 saturated carbocycles. The first-order valence-corrected chi connectivity index (χ1v) is 7.52. The molecule has 0 aromatic heterocycles. The molecule has 110 valence electrons. The number of rotatable bonds is 4. The SMILES string of the molecule is COc1ccc2c(c1)C(NC1CC(OC)C1(C)C)CC2. The van der Waals surface area contributed by atoms with Crippen LogP contribution in [-0.2, 0) is 11.2 Å². The largest absolute Gasteiger partial charge is 0.497 e. The molecule has 3 unspecified atom stereocenters. The Bertz CT molecular complexity index is 498. The minimum Gasteiger partial charge on any atom is -0.497 e. The lowest BCUT2D eigenvalue weighted by atomic mass is 9.64. The molecule has 2 aliphatic rings. The zero-order chi connectivity index (χ0) is 14.3. The van der Waals surface area contributed by atoms with E-state index >= 15 is 0 Å². The molecule has 3 rings (SSSR count). The smallest absolute Gasteiger partial charge is 0.119 e. The molecule has 0 radical (unpaired) electrons. The molecule has 0 amide bonds. The highest BCUT2D eigenvalue weighted by Crippen LogP contribution is 2.45. The van der Waals surface area contributed by atoms with Crippen molar-refractivity contribution in [2.45, 2.75) is 51.3 Å². The van der Waals surface area contributed by atoms with E-state index in [0.29, 0.717) is 18.2 Å². The number of methoxy groups -OCH3 is 2. The first-order valence-electron chi connectivity index (χ1n) is 7.52. The fourth-order valence-corrected chi connectivity index (χ4v) is 3.69. The molecular formula is C17H25NO2. The monoisotopic (exact) mass is 275 g/mol. The van der Waals surface area contributed by atoms with Gasteiger partial charge < -0.3 is 14.8 Å². The van der Waals surface area contributed by atoms with Crippen LogP contribution in [0.3, 0.4) is 0 Å². The van der Waals surface area contributed by atoms with Gasteiger partial charge in [0, 0.05) is 24.6 Å². The maximum atomic E-state index is 5.54. The Hall–Kier alpha value is -1.06. The molecule has 0 saturated heterocycles. The van der Waals surface area contributed by atoms with Crippen molar-refractivity contribution >= 4 is 0 Å². The molecule has 2 aliphatic carbocycles. The van der Waals surface area contributed by atoms with Gasteiger partial charge in [0.1, 0.15) is 5.75 Å². The van der Waals surface area contributed by atoms with E-state index in [1.807, 2.05) is 7.11 Å². The number of fused-ring (bicyclic) bond motifs is 1. The van der Waals surface area contributed by atoms with E-state index in [0.717, 1.165) is 18.6 Å². The van der Waals surface area contributed by atoms with Crippen molar-refractivity contribution in [3.05, 3.63) is 29.3 Å². The molecule has 3 atom stereocenters. The summed E-state index contributed by atoms with van der Waals surface area (Å²) < 4.78 is 10.9. The summed E-state index contributed by atoms with van der Waals surface area (Å²) >= 11 is 0. The van der Waals surface area contributed by atoms with Crippen LogP contribution in [0.15, 0.2) is 18.2 Å². The molecule has 20 heavy (non-hydrogen) atoms. The highest BCUT2D eigenvalue weighted by molar-refractivity contribution is 5.41. The Morgan fingerprint density at radius 2 is 2.05 bits per heavy atom. The van der Waals surface area contributed by atoms with Gasteiger partial charge in [-0.25, -0.2) is 0 Å². The van der Waals surface area contributed by atoms with Crippen molar-refractivity contribution in [1.82, 2.24) is 5.32 Å². The van der Waals surface area contributed by atoms with Crippen LogP contribution in [0.1, 0.15) is 43.9 Å². The summed E-state index contributed by atoms with van der Waals surface area (Å²) in [5.41, 5.74) is 3.10. The average molecular weight is 275 g/mol. The van der Waals surface area contributed by atoms with Crippen molar-refractivity contribution in [2.24, 2.45) is 5.41 Å². The van der Waals surface area contributed by atoms with Gasteiger partial charge in [0.2, 0.25) is 0 Å². The van der Waals surface area contributed by atoms with E-state index in [1.165, 1.54) is 17.5 Å².